The van der Waals surface area contributed by atoms with Crippen LogP contribution < -0.4 is 9.47 Å². The average Bonchev–Trinajstić information content (AvgIpc) is 3.19. The summed E-state index contributed by atoms with van der Waals surface area (Å²) in [7, 11) is 3.00. The van der Waals surface area contributed by atoms with E-state index in [0.717, 1.165) is 11.8 Å². The third kappa shape index (κ3) is 2.82. The molecule has 1 atom stereocenters. The SMILES string of the molecule is COc1cccc(C(=O)N2CCC(N3C(=O)CSC3=O)C2)c1OC. The first-order valence-electron chi connectivity index (χ1n) is 7.56. The van der Waals surface area contributed by atoms with Crippen molar-refractivity contribution in [3.05, 3.63) is 23.8 Å². The second-order valence-electron chi connectivity index (χ2n) is 5.55. The number of likely N-dealkylation sites (tertiary alicyclic amines) is 1. The molecule has 0 saturated carbocycles. The van der Waals surface area contributed by atoms with Crippen LogP contribution in [0.15, 0.2) is 18.2 Å². The van der Waals surface area contributed by atoms with Crippen molar-refractivity contribution in [1.29, 1.82) is 0 Å². The van der Waals surface area contributed by atoms with E-state index in [1.54, 1.807) is 23.1 Å². The number of nitrogens with zero attached hydrogens (tertiary/aromatic N) is 2. The van der Waals surface area contributed by atoms with Crippen molar-refractivity contribution < 1.29 is 23.9 Å². The number of ether oxygens (including phenoxy) is 2. The van der Waals surface area contributed by atoms with Crippen LogP contribution in [0.1, 0.15) is 16.8 Å². The average molecular weight is 350 g/mol. The van der Waals surface area contributed by atoms with Gasteiger partial charge in [-0.25, -0.2) is 0 Å². The predicted molar refractivity (Wildman–Crippen MR) is 88.6 cm³/mol. The van der Waals surface area contributed by atoms with Gasteiger partial charge in [0.25, 0.3) is 11.1 Å². The van der Waals surface area contributed by atoms with E-state index < -0.39 is 0 Å². The quantitative estimate of drug-likeness (QED) is 0.821. The van der Waals surface area contributed by atoms with E-state index in [1.165, 1.54) is 19.1 Å². The Morgan fingerprint density at radius 2 is 2.04 bits per heavy atom. The Labute approximate surface area is 143 Å². The number of carbonyl (C=O) groups is 3. The van der Waals surface area contributed by atoms with Gasteiger partial charge in [0, 0.05) is 13.1 Å². The minimum Gasteiger partial charge on any atom is -0.493 e. The van der Waals surface area contributed by atoms with E-state index >= 15 is 0 Å². The molecule has 2 heterocycles. The fourth-order valence-electron chi connectivity index (χ4n) is 3.08. The van der Waals surface area contributed by atoms with Gasteiger partial charge >= 0.3 is 0 Å². The summed E-state index contributed by atoms with van der Waals surface area (Å²) in [6.45, 7) is 0.836. The lowest BCUT2D eigenvalue weighted by Gasteiger charge is -2.22. The number of methoxy groups -OCH3 is 2. The number of hydrogen-bond donors (Lipinski definition) is 0. The highest BCUT2D eigenvalue weighted by Crippen LogP contribution is 2.33. The maximum absolute atomic E-state index is 12.8. The molecule has 3 amide bonds. The highest BCUT2D eigenvalue weighted by atomic mass is 32.2. The molecule has 0 aromatic heterocycles. The van der Waals surface area contributed by atoms with Gasteiger partial charge in [0.05, 0.1) is 31.6 Å². The van der Waals surface area contributed by atoms with Crippen LogP contribution in [0.2, 0.25) is 0 Å². The van der Waals surface area contributed by atoms with Gasteiger partial charge < -0.3 is 14.4 Å². The largest absolute Gasteiger partial charge is 0.493 e. The van der Waals surface area contributed by atoms with E-state index in [2.05, 4.69) is 0 Å². The van der Waals surface area contributed by atoms with E-state index in [4.69, 9.17) is 9.47 Å². The molecule has 2 saturated heterocycles. The summed E-state index contributed by atoms with van der Waals surface area (Å²) in [6, 6.07) is 4.88. The Morgan fingerprint density at radius 1 is 1.25 bits per heavy atom. The molecule has 3 rings (SSSR count). The molecule has 1 unspecified atom stereocenters. The van der Waals surface area contributed by atoms with Crippen molar-refractivity contribution >= 4 is 28.8 Å². The molecule has 0 bridgehead atoms. The van der Waals surface area contributed by atoms with Gasteiger partial charge in [-0.05, 0) is 18.6 Å². The summed E-state index contributed by atoms with van der Waals surface area (Å²) in [5, 5.41) is -0.224. The van der Waals surface area contributed by atoms with Crippen molar-refractivity contribution in [3.63, 3.8) is 0 Å². The number of para-hydroxylation sites is 1. The van der Waals surface area contributed by atoms with Crippen LogP contribution >= 0.6 is 11.8 Å². The number of benzene rings is 1. The lowest BCUT2D eigenvalue weighted by atomic mass is 10.1. The molecule has 0 aliphatic carbocycles. The summed E-state index contributed by atoms with van der Waals surface area (Å²) in [4.78, 5) is 39.4. The van der Waals surface area contributed by atoms with Gasteiger partial charge in [-0.3, -0.25) is 19.3 Å². The number of amides is 3. The molecule has 2 aliphatic heterocycles. The van der Waals surface area contributed by atoms with E-state index in [1.807, 2.05) is 0 Å². The van der Waals surface area contributed by atoms with Crippen molar-refractivity contribution in [2.75, 3.05) is 33.1 Å². The van der Waals surface area contributed by atoms with Gasteiger partial charge in [0.15, 0.2) is 11.5 Å². The molecule has 128 valence electrons. The first-order valence-corrected chi connectivity index (χ1v) is 8.54. The summed E-state index contributed by atoms with van der Waals surface area (Å²) in [5.74, 6) is 0.688. The first-order chi connectivity index (χ1) is 11.6. The highest BCUT2D eigenvalue weighted by Gasteiger charge is 2.40. The zero-order valence-electron chi connectivity index (χ0n) is 13.5. The van der Waals surface area contributed by atoms with Crippen LogP contribution in [0, 0.1) is 0 Å². The first kappa shape index (κ1) is 16.6. The Kier molecular flexibility index (Phi) is 4.66. The standard InChI is InChI=1S/C16H18N2O5S/c1-22-12-5-3-4-11(14(12)23-2)15(20)17-7-6-10(8-17)18-13(19)9-24-16(18)21/h3-5,10H,6-9H2,1-2H3. The second kappa shape index (κ2) is 6.72. The van der Waals surface area contributed by atoms with Crippen LogP contribution in [0.3, 0.4) is 0 Å². The molecule has 0 N–H and O–H groups in total. The highest BCUT2D eigenvalue weighted by molar-refractivity contribution is 8.14. The Balaban J connectivity index is 1.78. The third-order valence-corrected chi connectivity index (χ3v) is 5.07. The normalized spacial score (nSPS) is 20.7. The molecule has 0 radical (unpaired) electrons. The van der Waals surface area contributed by atoms with Crippen LogP contribution in [-0.2, 0) is 4.79 Å². The molecule has 2 fully saturated rings. The lowest BCUT2D eigenvalue weighted by molar-refractivity contribution is -0.126. The van der Waals surface area contributed by atoms with Gasteiger partial charge in [0.2, 0.25) is 5.91 Å². The molecule has 0 spiro atoms. The van der Waals surface area contributed by atoms with Crippen LogP contribution in [0.5, 0.6) is 11.5 Å². The number of rotatable bonds is 4. The summed E-state index contributed by atoms with van der Waals surface area (Å²) in [5.41, 5.74) is 0.408. The molecule has 24 heavy (non-hydrogen) atoms. The molecule has 1 aromatic rings. The zero-order valence-corrected chi connectivity index (χ0v) is 14.3. The fraction of sp³-hybridized carbons (Fsp3) is 0.438. The van der Waals surface area contributed by atoms with Crippen LogP contribution in [-0.4, -0.2) is 66.0 Å². The van der Waals surface area contributed by atoms with Gasteiger partial charge in [0.1, 0.15) is 0 Å². The van der Waals surface area contributed by atoms with Crippen LogP contribution in [0.25, 0.3) is 0 Å². The minimum absolute atomic E-state index is 0.178. The molecule has 8 heteroatoms. The minimum atomic E-state index is -0.249. The molecular formula is C16H18N2O5S. The summed E-state index contributed by atoms with van der Waals surface area (Å²) in [6.07, 6.45) is 0.593. The zero-order chi connectivity index (χ0) is 17.3. The van der Waals surface area contributed by atoms with Crippen molar-refractivity contribution in [3.8, 4) is 11.5 Å². The second-order valence-corrected chi connectivity index (χ2v) is 6.48. The predicted octanol–water partition coefficient (Wildman–Crippen LogP) is 1.61. The number of imide groups is 1. The monoisotopic (exact) mass is 350 g/mol. The Hall–Kier alpha value is -2.22. The van der Waals surface area contributed by atoms with Crippen molar-refractivity contribution in [2.24, 2.45) is 0 Å². The topological polar surface area (TPSA) is 76.2 Å². The number of hydrogen-bond acceptors (Lipinski definition) is 6. The van der Waals surface area contributed by atoms with Crippen molar-refractivity contribution in [2.45, 2.75) is 12.5 Å². The Bertz CT molecular complexity index is 677. The van der Waals surface area contributed by atoms with Crippen LogP contribution in [0.4, 0.5) is 4.79 Å². The summed E-state index contributed by atoms with van der Waals surface area (Å²) >= 11 is 1.01. The lowest BCUT2D eigenvalue weighted by Crippen LogP contribution is -2.41. The Morgan fingerprint density at radius 3 is 2.67 bits per heavy atom. The molecule has 2 aliphatic rings. The third-order valence-electron chi connectivity index (χ3n) is 4.23. The fourth-order valence-corrected chi connectivity index (χ4v) is 3.86. The summed E-state index contributed by atoms with van der Waals surface area (Å²) < 4.78 is 10.5. The van der Waals surface area contributed by atoms with Crippen molar-refractivity contribution in [1.82, 2.24) is 9.80 Å². The van der Waals surface area contributed by atoms with E-state index in [0.29, 0.717) is 36.6 Å². The van der Waals surface area contributed by atoms with Gasteiger partial charge in [-0.15, -0.1) is 0 Å². The molecule has 1 aromatic carbocycles. The molecular weight excluding hydrogens is 332 g/mol. The van der Waals surface area contributed by atoms with Gasteiger partial charge in [-0.1, -0.05) is 17.8 Å². The number of carbonyl (C=O) groups excluding carboxylic acids is 3. The van der Waals surface area contributed by atoms with Gasteiger partial charge in [-0.2, -0.15) is 0 Å². The van der Waals surface area contributed by atoms with E-state index in [-0.39, 0.29) is 28.8 Å². The maximum Gasteiger partial charge on any atom is 0.289 e. The smallest absolute Gasteiger partial charge is 0.289 e. The molecule has 7 nitrogen and oxygen atoms in total. The van der Waals surface area contributed by atoms with E-state index in [9.17, 15) is 14.4 Å². The number of thioether (sulfide) groups is 1. The maximum atomic E-state index is 12.8.